The number of hydrogen-bond acceptors (Lipinski definition) is 2. The number of fused-ring (bicyclic) bond motifs is 10. The van der Waals surface area contributed by atoms with Gasteiger partial charge in [0.25, 0.3) is 0 Å². The highest BCUT2D eigenvalue weighted by Gasteiger charge is 2.58. The van der Waals surface area contributed by atoms with Crippen molar-refractivity contribution in [1.29, 1.82) is 0 Å². The van der Waals surface area contributed by atoms with Crippen molar-refractivity contribution >= 4 is 50.1 Å². The quantitative estimate of drug-likeness (QED) is 0.178. The van der Waals surface area contributed by atoms with E-state index < -0.39 is 0 Å². The Balaban J connectivity index is 1.07. The van der Waals surface area contributed by atoms with Crippen molar-refractivity contribution < 1.29 is 4.42 Å². The molecular formula is C52H39NO. The van der Waals surface area contributed by atoms with E-state index >= 15 is 0 Å². The topological polar surface area (TPSA) is 16.4 Å². The molecule has 0 spiro atoms. The van der Waals surface area contributed by atoms with E-state index in [0.717, 1.165) is 44.4 Å². The summed E-state index contributed by atoms with van der Waals surface area (Å²) in [5.41, 5.74) is 18.3. The molecule has 0 bridgehead atoms. The molecule has 2 atom stereocenters. The van der Waals surface area contributed by atoms with E-state index in [1.807, 2.05) is 6.07 Å². The Bertz CT molecular complexity index is 2850. The van der Waals surface area contributed by atoms with Crippen LogP contribution in [0, 0.1) is 5.92 Å². The minimum Gasteiger partial charge on any atom is -0.455 e. The van der Waals surface area contributed by atoms with E-state index in [1.165, 1.54) is 50.2 Å². The van der Waals surface area contributed by atoms with E-state index in [1.54, 1.807) is 0 Å². The molecule has 0 amide bonds. The first kappa shape index (κ1) is 31.2. The standard InChI is InChI=1S/C52H39NO/c1-51(2)43-19-8-9-20-44(43)52(3)47(51)32-31-41-40-17-12-21-45(48(40)49(41)52)53(36-27-23-34(24-28-36)33-13-5-4-6-14-33)37-29-25-35(26-30-37)38-16-11-18-42-39-15-7-10-22-46(39)54-50(38)42/h4-32,47H,1-3H3. The maximum atomic E-state index is 6.45. The lowest BCUT2D eigenvalue weighted by Gasteiger charge is -2.48. The molecule has 1 aromatic heterocycles. The number of hydrogen-bond donors (Lipinski definition) is 0. The van der Waals surface area contributed by atoms with Crippen LogP contribution in [-0.4, -0.2) is 0 Å². The first-order chi connectivity index (χ1) is 26.4. The normalized spacial score (nSPS) is 18.9. The molecule has 2 unspecified atom stereocenters. The minimum atomic E-state index is -0.134. The highest BCUT2D eigenvalue weighted by molar-refractivity contribution is 6.16. The van der Waals surface area contributed by atoms with Gasteiger partial charge in [0.2, 0.25) is 0 Å². The van der Waals surface area contributed by atoms with Crippen LogP contribution in [0.25, 0.3) is 55.3 Å². The molecule has 2 nitrogen and oxygen atoms in total. The van der Waals surface area contributed by atoms with E-state index in [0.29, 0.717) is 5.92 Å². The van der Waals surface area contributed by atoms with Gasteiger partial charge in [-0.25, -0.2) is 0 Å². The Hall–Kier alpha value is -6.38. The number of allylic oxidation sites excluding steroid dienone is 4. The summed E-state index contributed by atoms with van der Waals surface area (Å²) in [6.45, 7) is 7.35. The third-order valence-electron chi connectivity index (χ3n) is 12.7. The second-order valence-electron chi connectivity index (χ2n) is 15.9. The summed E-state index contributed by atoms with van der Waals surface area (Å²) in [6, 6.07) is 59.5. The van der Waals surface area contributed by atoms with Crippen LogP contribution in [0.2, 0.25) is 0 Å². The fraction of sp³-hybridized carbons (Fsp3) is 0.115. The van der Waals surface area contributed by atoms with Crippen molar-refractivity contribution in [3.63, 3.8) is 0 Å². The van der Waals surface area contributed by atoms with Crippen molar-refractivity contribution in [3.8, 4) is 22.3 Å². The fourth-order valence-corrected chi connectivity index (χ4v) is 10.2. The van der Waals surface area contributed by atoms with Crippen LogP contribution < -0.4 is 4.90 Å². The molecule has 3 aliphatic rings. The van der Waals surface area contributed by atoms with E-state index in [4.69, 9.17) is 4.42 Å². The van der Waals surface area contributed by atoms with Gasteiger partial charge in [0.1, 0.15) is 11.2 Å². The van der Waals surface area contributed by atoms with Gasteiger partial charge >= 0.3 is 0 Å². The van der Waals surface area contributed by atoms with Gasteiger partial charge in [0.15, 0.2) is 0 Å². The molecule has 258 valence electrons. The van der Waals surface area contributed by atoms with Crippen molar-refractivity contribution in [2.24, 2.45) is 5.92 Å². The molecule has 0 saturated carbocycles. The second kappa shape index (κ2) is 11.3. The predicted molar refractivity (Wildman–Crippen MR) is 226 cm³/mol. The maximum absolute atomic E-state index is 6.45. The Kier molecular flexibility index (Phi) is 6.53. The molecule has 8 aromatic rings. The number of furan rings is 1. The van der Waals surface area contributed by atoms with Crippen molar-refractivity contribution in [1.82, 2.24) is 0 Å². The number of anilines is 3. The fourth-order valence-electron chi connectivity index (χ4n) is 10.2. The highest BCUT2D eigenvalue weighted by Crippen LogP contribution is 2.67. The third kappa shape index (κ3) is 4.23. The monoisotopic (exact) mass is 693 g/mol. The van der Waals surface area contributed by atoms with Gasteiger partial charge in [-0.3, -0.25) is 0 Å². The summed E-state index contributed by atoms with van der Waals surface area (Å²) in [4.78, 5) is 2.46. The van der Waals surface area contributed by atoms with Crippen molar-refractivity contribution in [3.05, 3.63) is 198 Å². The van der Waals surface area contributed by atoms with E-state index in [2.05, 4.69) is 196 Å². The smallest absolute Gasteiger partial charge is 0.143 e. The van der Waals surface area contributed by atoms with Crippen LogP contribution in [0.4, 0.5) is 17.1 Å². The summed E-state index contributed by atoms with van der Waals surface area (Å²) in [5.74, 6) is 0.362. The molecule has 0 N–H and O–H groups in total. The Morgan fingerprint density at radius 3 is 1.91 bits per heavy atom. The maximum Gasteiger partial charge on any atom is 0.143 e. The van der Waals surface area contributed by atoms with Crippen molar-refractivity contribution in [2.45, 2.75) is 31.6 Å². The first-order valence-corrected chi connectivity index (χ1v) is 19.1. The molecule has 7 aromatic carbocycles. The van der Waals surface area contributed by atoms with Crippen LogP contribution in [0.5, 0.6) is 0 Å². The Morgan fingerprint density at radius 2 is 1.13 bits per heavy atom. The zero-order valence-corrected chi connectivity index (χ0v) is 30.7. The molecule has 1 heterocycles. The van der Waals surface area contributed by atoms with Gasteiger partial charge in [0, 0.05) is 38.7 Å². The van der Waals surface area contributed by atoms with Crippen molar-refractivity contribution in [2.75, 3.05) is 4.90 Å². The lowest BCUT2D eigenvalue weighted by Crippen LogP contribution is -2.40. The largest absolute Gasteiger partial charge is 0.455 e. The van der Waals surface area contributed by atoms with Crippen LogP contribution in [0.15, 0.2) is 180 Å². The number of rotatable bonds is 5. The van der Waals surface area contributed by atoms with E-state index in [-0.39, 0.29) is 10.8 Å². The van der Waals surface area contributed by atoms with Gasteiger partial charge in [-0.2, -0.15) is 0 Å². The van der Waals surface area contributed by atoms with E-state index in [9.17, 15) is 0 Å². The van der Waals surface area contributed by atoms with Gasteiger partial charge in [-0.05, 0) is 92.3 Å². The lowest BCUT2D eigenvalue weighted by molar-refractivity contribution is 0.332. The number of nitrogens with zero attached hydrogens (tertiary/aromatic N) is 1. The summed E-state index contributed by atoms with van der Waals surface area (Å²) < 4.78 is 6.45. The van der Waals surface area contributed by atoms with Crippen LogP contribution in [0.1, 0.15) is 43.0 Å². The molecule has 2 heteroatoms. The van der Waals surface area contributed by atoms with Gasteiger partial charge in [-0.1, -0.05) is 160 Å². The average Bonchev–Trinajstić information content (AvgIpc) is 3.67. The zero-order valence-electron chi connectivity index (χ0n) is 30.7. The van der Waals surface area contributed by atoms with Crippen LogP contribution in [0.3, 0.4) is 0 Å². The Morgan fingerprint density at radius 1 is 0.519 bits per heavy atom. The SMILES string of the molecule is CC1(C)c2ccccc2C2(C)C3=C(C=CC12)c1cccc(N(c2ccc(-c4ccccc4)cc2)c2ccc(-c4cccc5c4oc4ccccc45)cc2)c13. The molecule has 0 radical (unpaired) electrons. The molecule has 3 aliphatic carbocycles. The second-order valence-corrected chi connectivity index (χ2v) is 15.9. The third-order valence-corrected chi connectivity index (χ3v) is 12.7. The van der Waals surface area contributed by atoms with Gasteiger partial charge in [0.05, 0.1) is 5.69 Å². The van der Waals surface area contributed by atoms with Gasteiger partial charge < -0.3 is 9.32 Å². The summed E-state index contributed by atoms with van der Waals surface area (Å²) in [7, 11) is 0. The Labute approximate surface area is 316 Å². The number of benzene rings is 7. The highest BCUT2D eigenvalue weighted by atomic mass is 16.3. The van der Waals surface area contributed by atoms with Crippen LogP contribution >= 0.6 is 0 Å². The molecule has 0 fully saturated rings. The first-order valence-electron chi connectivity index (χ1n) is 19.1. The molecule has 0 saturated heterocycles. The average molecular weight is 694 g/mol. The lowest BCUT2D eigenvalue weighted by atomic mass is 9.56. The minimum absolute atomic E-state index is 0.0244. The summed E-state index contributed by atoms with van der Waals surface area (Å²) in [6.07, 6.45) is 4.91. The molecule has 0 aliphatic heterocycles. The molecule has 54 heavy (non-hydrogen) atoms. The summed E-state index contributed by atoms with van der Waals surface area (Å²) >= 11 is 0. The number of para-hydroxylation sites is 2. The van der Waals surface area contributed by atoms with Crippen LogP contribution in [-0.2, 0) is 10.8 Å². The zero-order chi connectivity index (χ0) is 36.2. The predicted octanol–water partition coefficient (Wildman–Crippen LogP) is 14.0. The molecule has 11 rings (SSSR count). The molecular weight excluding hydrogens is 655 g/mol. The van der Waals surface area contributed by atoms with Gasteiger partial charge in [-0.15, -0.1) is 0 Å². The summed E-state index contributed by atoms with van der Waals surface area (Å²) in [5, 5.41) is 2.29.